The molecule has 1 aromatic heterocycles. The Morgan fingerprint density at radius 1 is 1.29 bits per heavy atom. The molecular formula is C11H18ClN3O4S2. The fraction of sp³-hybridized carbons (Fsp3) is 0.545. The van der Waals surface area contributed by atoms with Crippen LogP contribution in [0.2, 0.25) is 5.02 Å². The second-order valence-corrected chi connectivity index (χ2v) is 8.85. The van der Waals surface area contributed by atoms with Gasteiger partial charge in [0.25, 0.3) is 0 Å². The molecule has 1 rings (SSSR count). The number of hydrogen-bond acceptors (Lipinski definition) is 6. The molecule has 120 valence electrons. The van der Waals surface area contributed by atoms with Crippen LogP contribution in [0.15, 0.2) is 17.2 Å². The molecule has 7 nitrogen and oxygen atoms in total. The Balaban J connectivity index is 2.72. The maximum absolute atomic E-state index is 12.0. The van der Waals surface area contributed by atoms with Gasteiger partial charge in [0.2, 0.25) is 10.0 Å². The van der Waals surface area contributed by atoms with Gasteiger partial charge in [-0.2, -0.15) is 0 Å². The van der Waals surface area contributed by atoms with Crippen LogP contribution in [0.1, 0.15) is 13.3 Å². The number of nitrogens with zero attached hydrogens (tertiary/aromatic N) is 1. The van der Waals surface area contributed by atoms with Gasteiger partial charge in [-0.25, -0.2) is 26.5 Å². The molecule has 0 unspecified atom stereocenters. The minimum atomic E-state index is -3.75. The van der Waals surface area contributed by atoms with Gasteiger partial charge in [-0.3, -0.25) is 0 Å². The predicted molar refractivity (Wildman–Crippen MR) is 82.9 cm³/mol. The minimum absolute atomic E-state index is 0.0297. The number of pyridine rings is 1. The minimum Gasteiger partial charge on any atom is -0.369 e. The third-order valence-electron chi connectivity index (χ3n) is 2.45. The topological polar surface area (TPSA) is 105 Å². The van der Waals surface area contributed by atoms with E-state index in [-0.39, 0.29) is 28.6 Å². The molecule has 0 saturated heterocycles. The van der Waals surface area contributed by atoms with Crippen molar-refractivity contribution in [1.29, 1.82) is 0 Å². The SMILES string of the molecule is CCNc1ncc(S(=O)(=O)NCCCS(C)(=O)=O)cc1Cl. The van der Waals surface area contributed by atoms with Crippen molar-refractivity contribution in [2.24, 2.45) is 0 Å². The Morgan fingerprint density at radius 3 is 2.48 bits per heavy atom. The van der Waals surface area contributed by atoms with E-state index in [9.17, 15) is 16.8 Å². The molecule has 10 heteroatoms. The quantitative estimate of drug-likeness (QED) is 0.670. The van der Waals surface area contributed by atoms with Gasteiger partial charge in [0.15, 0.2) is 0 Å². The van der Waals surface area contributed by atoms with Crippen LogP contribution in [-0.2, 0) is 19.9 Å². The standard InChI is InChI=1S/C11H18ClN3O4S2/c1-3-13-11-10(12)7-9(8-14-11)21(18,19)15-5-4-6-20(2,16)17/h7-8,15H,3-6H2,1-2H3,(H,13,14). The number of sulfonamides is 1. The molecule has 0 bridgehead atoms. The highest BCUT2D eigenvalue weighted by atomic mass is 35.5. The number of nitrogens with one attached hydrogen (secondary N) is 2. The molecule has 0 atom stereocenters. The van der Waals surface area contributed by atoms with Gasteiger partial charge < -0.3 is 5.32 Å². The summed E-state index contributed by atoms with van der Waals surface area (Å²) in [6, 6.07) is 1.30. The van der Waals surface area contributed by atoms with Crippen LogP contribution in [0.3, 0.4) is 0 Å². The van der Waals surface area contributed by atoms with Crippen LogP contribution in [-0.4, -0.2) is 46.9 Å². The number of halogens is 1. The van der Waals surface area contributed by atoms with Crippen LogP contribution in [0.4, 0.5) is 5.82 Å². The fourth-order valence-electron chi connectivity index (χ4n) is 1.49. The largest absolute Gasteiger partial charge is 0.369 e. The first-order valence-corrected chi connectivity index (χ1v) is 10.1. The molecule has 0 saturated carbocycles. The Kier molecular flexibility index (Phi) is 6.39. The molecule has 0 radical (unpaired) electrons. The summed E-state index contributed by atoms with van der Waals surface area (Å²) in [5, 5.41) is 3.10. The zero-order valence-corrected chi connectivity index (χ0v) is 14.1. The van der Waals surface area contributed by atoms with Gasteiger partial charge in [-0.05, 0) is 19.4 Å². The van der Waals surface area contributed by atoms with E-state index < -0.39 is 19.9 Å². The van der Waals surface area contributed by atoms with Crippen molar-refractivity contribution in [3.63, 3.8) is 0 Å². The van der Waals surface area contributed by atoms with Crippen molar-refractivity contribution in [2.75, 3.05) is 30.4 Å². The molecule has 2 N–H and O–H groups in total. The monoisotopic (exact) mass is 355 g/mol. The molecule has 1 heterocycles. The Labute approximate surface area is 130 Å². The molecule has 0 aliphatic carbocycles. The van der Waals surface area contributed by atoms with Crippen LogP contribution in [0.25, 0.3) is 0 Å². The number of sulfone groups is 1. The van der Waals surface area contributed by atoms with E-state index in [1.165, 1.54) is 12.3 Å². The number of anilines is 1. The summed E-state index contributed by atoms with van der Waals surface area (Å²) < 4.78 is 48.2. The van der Waals surface area contributed by atoms with Gasteiger partial charge in [-0.1, -0.05) is 11.6 Å². The molecule has 0 fully saturated rings. The summed E-state index contributed by atoms with van der Waals surface area (Å²) in [4.78, 5) is 3.88. The zero-order chi connectivity index (χ0) is 16.1. The van der Waals surface area contributed by atoms with E-state index in [1.807, 2.05) is 6.92 Å². The molecular weight excluding hydrogens is 338 g/mol. The first-order chi connectivity index (χ1) is 9.65. The maximum atomic E-state index is 12.0. The first kappa shape index (κ1) is 18.1. The molecule has 0 aliphatic rings. The second-order valence-electron chi connectivity index (χ2n) is 4.41. The van der Waals surface area contributed by atoms with Gasteiger partial charge in [-0.15, -0.1) is 0 Å². The second kappa shape index (κ2) is 7.39. The van der Waals surface area contributed by atoms with E-state index in [0.29, 0.717) is 12.4 Å². The lowest BCUT2D eigenvalue weighted by Crippen LogP contribution is -2.26. The Hall–Kier alpha value is -0.900. The molecule has 0 spiro atoms. The lowest BCUT2D eigenvalue weighted by Gasteiger charge is -2.09. The van der Waals surface area contributed by atoms with Gasteiger partial charge in [0.05, 0.1) is 10.8 Å². The smallest absolute Gasteiger partial charge is 0.242 e. The summed E-state index contributed by atoms with van der Waals surface area (Å²) in [5.74, 6) is 0.337. The number of rotatable bonds is 8. The summed E-state index contributed by atoms with van der Waals surface area (Å²) >= 11 is 5.94. The highest BCUT2D eigenvalue weighted by Gasteiger charge is 2.16. The predicted octanol–water partition coefficient (Wildman–Crippen LogP) is 0.880. The normalized spacial score (nSPS) is 12.3. The van der Waals surface area contributed by atoms with E-state index in [1.54, 1.807) is 0 Å². The van der Waals surface area contributed by atoms with Crippen LogP contribution in [0.5, 0.6) is 0 Å². The lowest BCUT2D eigenvalue weighted by molar-refractivity contribution is 0.577. The van der Waals surface area contributed by atoms with Crippen molar-refractivity contribution in [3.8, 4) is 0 Å². The van der Waals surface area contributed by atoms with Crippen molar-refractivity contribution >= 4 is 37.3 Å². The van der Waals surface area contributed by atoms with Gasteiger partial charge in [0.1, 0.15) is 20.6 Å². The van der Waals surface area contributed by atoms with Crippen LogP contribution >= 0.6 is 11.6 Å². The maximum Gasteiger partial charge on any atom is 0.242 e. The molecule has 0 amide bonds. The summed E-state index contributed by atoms with van der Waals surface area (Å²) in [5.41, 5.74) is 0. The van der Waals surface area contributed by atoms with E-state index in [4.69, 9.17) is 11.6 Å². The van der Waals surface area contributed by atoms with Crippen molar-refractivity contribution in [1.82, 2.24) is 9.71 Å². The lowest BCUT2D eigenvalue weighted by atomic mass is 10.4. The third-order valence-corrected chi connectivity index (χ3v) is 5.20. The van der Waals surface area contributed by atoms with E-state index >= 15 is 0 Å². The summed E-state index contributed by atoms with van der Waals surface area (Å²) in [7, 11) is -6.85. The highest BCUT2D eigenvalue weighted by molar-refractivity contribution is 7.90. The Bertz CT molecular complexity index is 689. The fourth-order valence-corrected chi connectivity index (χ4v) is 3.50. The van der Waals surface area contributed by atoms with E-state index in [2.05, 4.69) is 15.0 Å². The van der Waals surface area contributed by atoms with Gasteiger partial charge >= 0.3 is 0 Å². The third kappa shape index (κ3) is 6.16. The number of aromatic nitrogens is 1. The summed E-state index contributed by atoms with van der Waals surface area (Å²) in [6.07, 6.45) is 2.50. The highest BCUT2D eigenvalue weighted by Crippen LogP contribution is 2.22. The van der Waals surface area contributed by atoms with Crippen molar-refractivity contribution in [3.05, 3.63) is 17.3 Å². The van der Waals surface area contributed by atoms with Gasteiger partial charge in [0, 0.05) is 25.5 Å². The van der Waals surface area contributed by atoms with E-state index in [0.717, 1.165) is 6.26 Å². The van der Waals surface area contributed by atoms with Crippen molar-refractivity contribution < 1.29 is 16.8 Å². The summed E-state index contributed by atoms with van der Waals surface area (Å²) in [6.45, 7) is 2.51. The van der Waals surface area contributed by atoms with Crippen LogP contribution in [0, 0.1) is 0 Å². The average molecular weight is 356 g/mol. The average Bonchev–Trinajstić information content (AvgIpc) is 2.36. The molecule has 0 aromatic carbocycles. The molecule has 1 aromatic rings. The van der Waals surface area contributed by atoms with Crippen molar-refractivity contribution in [2.45, 2.75) is 18.2 Å². The van der Waals surface area contributed by atoms with Crippen LogP contribution < -0.4 is 10.0 Å². The first-order valence-electron chi connectivity index (χ1n) is 6.22. The number of hydrogen-bond donors (Lipinski definition) is 2. The molecule has 0 aliphatic heterocycles. The zero-order valence-electron chi connectivity index (χ0n) is 11.8. The Morgan fingerprint density at radius 2 is 1.95 bits per heavy atom. The molecule has 21 heavy (non-hydrogen) atoms.